The predicted octanol–water partition coefficient (Wildman–Crippen LogP) is 14.1. The molecule has 0 aliphatic carbocycles. The minimum atomic E-state index is 0.681. The van der Waals surface area contributed by atoms with Crippen LogP contribution < -0.4 is 0 Å². The number of hydrogen-bond acceptors (Lipinski definition) is 5. The van der Waals surface area contributed by atoms with Crippen molar-refractivity contribution in [2.24, 2.45) is 0 Å². The highest BCUT2D eigenvalue weighted by molar-refractivity contribution is 7.25. The van der Waals surface area contributed by atoms with E-state index in [2.05, 4.69) is 145 Å². The van der Waals surface area contributed by atoms with E-state index < -0.39 is 0 Å². The molecule has 0 saturated carbocycles. The van der Waals surface area contributed by atoms with E-state index in [1.165, 1.54) is 25.7 Å². The summed E-state index contributed by atoms with van der Waals surface area (Å²) < 4.78 is 9.32. The van der Waals surface area contributed by atoms with Crippen molar-refractivity contribution in [2.45, 2.75) is 0 Å². The number of rotatable bonds is 6. The number of hydrogen-bond donors (Lipinski definition) is 0. The maximum Gasteiger partial charge on any atom is 0.160 e. The van der Waals surface area contributed by atoms with E-state index in [9.17, 15) is 0 Å². The molecule has 0 amide bonds. The normalized spacial score (nSPS) is 11.6. The Hall–Kier alpha value is -7.21. The van der Waals surface area contributed by atoms with Crippen molar-refractivity contribution in [1.82, 2.24) is 15.0 Å². The van der Waals surface area contributed by atoms with Crippen LogP contribution in [0.5, 0.6) is 0 Å². The molecule has 0 fully saturated rings. The molecule has 0 aliphatic heterocycles. The molecule has 56 heavy (non-hydrogen) atoms. The smallest absolute Gasteiger partial charge is 0.160 e. The van der Waals surface area contributed by atoms with Crippen LogP contribution >= 0.6 is 11.3 Å². The molecular formula is C51H31N3OS. The Bertz CT molecular complexity index is 3240. The van der Waals surface area contributed by atoms with Crippen molar-refractivity contribution in [3.8, 4) is 67.4 Å². The quantitative estimate of drug-likeness (QED) is 0.171. The molecule has 4 heterocycles. The second-order valence-electron chi connectivity index (χ2n) is 13.9. The topological polar surface area (TPSA) is 51.8 Å². The molecule has 262 valence electrons. The van der Waals surface area contributed by atoms with E-state index in [0.717, 1.165) is 78.0 Å². The Labute approximate surface area is 327 Å². The second kappa shape index (κ2) is 13.3. The lowest BCUT2D eigenvalue weighted by molar-refractivity contribution is 0.670. The van der Waals surface area contributed by atoms with Crippen LogP contribution in [0.1, 0.15) is 0 Å². The molecule has 0 atom stereocenters. The lowest BCUT2D eigenvalue weighted by atomic mass is 9.92. The van der Waals surface area contributed by atoms with Gasteiger partial charge in [0.15, 0.2) is 5.82 Å². The maximum atomic E-state index is 6.76. The fraction of sp³-hybridized carbons (Fsp3) is 0. The van der Waals surface area contributed by atoms with Gasteiger partial charge in [0.1, 0.15) is 11.2 Å². The van der Waals surface area contributed by atoms with Crippen LogP contribution in [0.3, 0.4) is 0 Å². The van der Waals surface area contributed by atoms with Gasteiger partial charge in [0.2, 0.25) is 0 Å². The lowest BCUT2D eigenvalue weighted by Crippen LogP contribution is -1.96. The molecular weight excluding hydrogens is 703 g/mol. The first-order valence-corrected chi connectivity index (χ1v) is 19.5. The highest BCUT2D eigenvalue weighted by Gasteiger charge is 2.20. The Kier molecular flexibility index (Phi) is 7.64. The molecule has 0 unspecified atom stereocenters. The van der Waals surface area contributed by atoms with Crippen molar-refractivity contribution in [3.63, 3.8) is 0 Å². The molecule has 4 aromatic heterocycles. The average Bonchev–Trinajstić information content (AvgIpc) is 3.86. The minimum absolute atomic E-state index is 0.681. The first-order valence-electron chi connectivity index (χ1n) is 18.7. The van der Waals surface area contributed by atoms with E-state index in [1.54, 1.807) is 0 Å². The zero-order chi connectivity index (χ0) is 37.0. The summed E-state index contributed by atoms with van der Waals surface area (Å²) in [7, 11) is 0. The third kappa shape index (κ3) is 5.48. The van der Waals surface area contributed by atoms with Crippen LogP contribution in [0.25, 0.3) is 110 Å². The fourth-order valence-corrected chi connectivity index (χ4v) is 9.06. The number of pyridine rings is 1. The Balaban J connectivity index is 1.04. The zero-order valence-electron chi connectivity index (χ0n) is 30.1. The van der Waals surface area contributed by atoms with Crippen molar-refractivity contribution >= 4 is 53.4 Å². The summed E-state index contributed by atoms with van der Waals surface area (Å²) >= 11 is 1.84. The standard InChI is InChI=1S/C51H31N3OS/c1-2-12-34(13-3-1)51-53-43(31-44(54-51)36-15-10-14-35(30-36)42-19-8-9-29-52-42)33-25-23-32(24-26-33)37-27-28-39(50-49(37)40-16-4-6-20-45(40)55-50)38-18-11-22-47-48(38)41-17-5-7-21-46(41)56-47/h1-31H. The SMILES string of the molecule is c1ccc(-c2nc(-c3ccc(-c4ccc(-c5cccc6sc7ccccc7c56)c5oc6ccccc6c45)cc3)cc(-c3cccc(-c4ccccn4)c3)n2)cc1. The van der Waals surface area contributed by atoms with Gasteiger partial charge in [0.05, 0.1) is 17.1 Å². The van der Waals surface area contributed by atoms with E-state index in [0.29, 0.717) is 5.82 Å². The molecule has 0 spiro atoms. The highest BCUT2D eigenvalue weighted by Crippen LogP contribution is 2.46. The van der Waals surface area contributed by atoms with Gasteiger partial charge < -0.3 is 4.42 Å². The van der Waals surface area contributed by atoms with Crippen LogP contribution in [0.4, 0.5) is 0 Å². The van der Waals surface area contributed by atoms with Crippen molar-refractivity contribution in [1.29, 1.82) is 0 Å². The van der Waals surface area contributed by atoms with Gasteiger partial charge in [-0.2, -0.15) is 0 Å². The van der Waals surface area contributed by atoms with Crippen molar-refractivity contribution < 1.29 is 4.42 Å². The van der Waals surface area contributed by atoms with E-state index in [1.807, 2.05) is 60.0 Å². The van der Waals surface area contributed by atoms with Crippen LogP contribution in [0.2, 0.25) is 0 Å². The molecule has 0 saturated heterocycles. The Morgan fingerprint density at radius 3 is 1.89 bits per heavy atom. The summed E-state index contributed by atoms with van der Waals surface area (Å²) in [6.45, 7) is 0. The van der Waals surface area contributed by atoms with Gasteiger partial charge in [0, 0.05) is 65.0 Å². The molecule has 0 bridgehead atoms. The van der Waals surface area contributed by atoms with Crippen molar-refractivity contribution in [3.05, 3.63) is 188 Å². The molecule has 11 rings (SSSR count). The lowest BCUT2D eigenvalue weighted by Gasteiger charge is -2.12. The van der Waals surface area contributed by atoms with E-state index in [4.69, 9.17) is 14.4 Å². The predicted molar refractivity (Wildman–Crippen MR) is 233 cm³/mol. The third-order valence-corrected chi connectivity index (χ3v) is 11.7. The summed E-state index contributed by atoms with van der Waals surface area (Å²) in [6.07, 6.45) is 1.82. The second-order valence-corrected chi connectivity index (χ2v) is 15.0. The van der Waals surface area contributed by atoms with Gasteiger partial charge in [-0.05, 0) is 65.2 Å². The maximum absolute atomic E-state index is 6.76. The van der Waals surface area contributed by atoms with Crippen LogP contribution in [-0.2, 0) is 0 Å². The number of para-hydroxylation sites is 1. The molecule has 0 radical (unpaired) electrons. The summed E-state index contributed by atoms with van der Waals surface area (Å²) in [4.78, 5) is 14.8. The fourth-order valence-electron chi connectivity index (χ4n) is 7.93. The van der Waals surface area contributed by atoms with Gasteiger partial charge >= 0.3 is 0 Å². The van der Waals surface area contributed by atoms with Gasteiger partial charge in [0.25, 0.3) is 0 Å². The molecule has 0 aliphatic rings. The summed E-state index contributed by atoms with van der Waals surface area (Å²) in [5.74, 6) is 0.681. The number of fused-ring (bicyclic) bond motifs is 6. The van der Waals surface area contributed by atoms with Crippen LogP contribution in [0, 0.1) is 0 Å². The molecule has 4 nitrogen and oxygen atoms in total. The van der Waals surface area contributed by atoms with Crippen LogP contribution in [-0.4, -0.2) is 15.0 Å². The van der Waals surface area contributed by atoms with Crippen LogP contribution in [0.15, 0.2) is 193 Å². The van der Waals surface area contributed by atoms with E-state index >= 15 is 0 Å². The van der Waals surface area contributed by atoms with Crippen molar-refractivity contribution in [2.75, 3.05) is 0 Å². The van der Waals surface area contributed by atoms with Gasteiger partial charge in [-0.1, -0.05) is 133 Å². The number of nitrogens with zero attached hydrogens (tertiary/aromatic N) is 3. The molecule has 5 heteroatoms. The molecule has 0 N–H and O–H groups in total. The highest BCUT2D eigenvalue weighted by atomic mass is 32.1. The third-order valence-electron chi connectivity index (χ3n) is 10.6. The molecule has 7 aromatic carbocycles. The first kappa shape index (κ1) is 32.2. The van der Waals surface area contributed by atoms with Gasteiger partial charge in [-0.25, -0.2) is 9.97 Å². The monoisotopic (exact) mass is 733 g/mol. The van der Waals surface area contributed by atoms with Gasteiger partial charge in [-0.15, -0.1) is 11.3 Å². The summed E-state index contributed by atoms with van der Waals surface area (Å²) in [5, 5.41) is 4.77. The first-order chi connectivity index (χ1) is 27.7. The average molecular weight is 734 g/mol. The Morgan fingerprint density at radius 2 is 1.05 bits per heavy atom. The largest absolute Gasteiger partial charge is 0.455 e. The Morgan fingerprint density at radius 1 is 0.393 bits per heavy atom. The number of furan rings is 1. The van der Waals surface area contributed by atoms with Gasteiger partial charge in [-0.3, -0.25) is 4.98 Å². The number of benzene rings is 7. The minimum Gasteiger partial charge on any atom is -0.455 e. The summed E-state index contributed by atoms with van der Waals surface area (Å²) in [5.41, 5.74) is 13.0. The summed E-state index contributed by atoms with van der Waals surface area (Å²) in [6, 6.07) is 63.5. The zero-order valence-corrected chi connectivity index (χ0v) is 30.9. The number of thiophene rings is 1. The van der Waals surface area contributed by atoms with E-state index in [-0.39, 0.29) is 0 Å². The molecule has 11 aromatic rings. The number of aromatic nitrogens is 3.